The Labute approximate surface area is 146 Å². The largest absolute Gasteiger partial charge is 0.375 e. The second kappa shape index (κ2) is 6.59. The fourth-order valence-corrected chi connectivity index (χ4v) is 3.63. The molecule has 2 N–H and O–H groups in total. The highest BCUT2D eigenvalue weighted by atomic mass is 32.1. The van der Waals surface area contributed by atoms with Gasteiger partial charge in [0.05, 0.1) is 5.56 Å². The molecule has 0 aliphatic rings. The summed E-state index contributed by atoms with van der Waals surface area (Å²) in [5.74, 6) is 0. The van der Waals surface area contributed by atoms with E-state index in [2.05, 4.69) is 27.4 Å². The van der Waals surface area contributed by atoms with E-state index in [0.717, 1.165) is 16.9 Å². The van der Waals surface area contributed by atoms with Gasteiger partial charge in [-0.1, -0.05) is 41.7 Å². The number of thiazole rings is 1. The average molecular weight is 350 g/mol. The molecule has 0 fully saturated rings. The summed E-state index contributed by atoms with van der Waals surface area (Å²) in [4.78, 5) is 4.77. The second-order valence-corrected chi connectivity index (χ2v) is 6.74. The van der Waals surface area contributed by atoms with Gasteiger partial charge in [-0.05, 0) is 12.5 Å². The Morgan fingerprint density at radius 2 is 1.75 bits per heavy atom. The van der Waals surface area contributed by atoms with Gasteiger partial charge in [-0.25, -0.2) is 4.98 Å². The van der Waals surface area contributed by atoms with E-state index in [1.165, 1.54) is 11.3 Å². The number of nitrogens with zero attached hydrogens (tertiary/aromatic N) is 5. The van der Waals surface area contributed by atoms with Crippen molar-refractivity contribution in [3.63, 3.8) is 0 Å². The van der Waals surface area contributed by atoms with Crippen molar-refractivity contribution in [2.75, 3.05) is 5.73 Å². The van der Waals surface area contributed by atoms with Crippen LogP contribution in [0.15, 0.2) is 40.6 Å². The van der Waals surface area contributed by atoms with E-state index in [-0.39, 0.29) is 0 Å². The Bertz CT molecular complexity index is 1000. The normalized spacial score (nSPS) is 10.6. The average Bonchev–Trinajstić information content (AvgIpc) is 3.13. The fourth-order valence-electron chi connectivity index (χ4n) is 2.08. The first-order valence-electron chi connectivity index (χ1n) is 6.81. The molecule has 0 atom stereocenters. The van der Waals surface area contributed by atoms with Gasteiger partial charge >= 0.3 is 0 Å². The summed E-state index contributed by atoms with van der Waals surface area (Å²) in [5.41, 5.74) is 8.35. The number of benzene rings is 1. The highest BCUT2D eigenvalue weighted by molar-refractivity contribution is 7.19. The summed E-state index contributed by atoms with van der Waals surface area (Å²) in [6.07, 6.45) is 0. The Balaban J connectivity index is 2.03. The Kier molecular flexibility index (Phi) is 4.34. The van der Waals surface area contributed by atoms with Crippen LogP contribution >= 0.6 is 22.7 Å². The number of rotatable bonds is 3. The standard InChI is InChI=1S/C16H10N6S2/c1-9-11(7-17)14(23-12(9)8-18)21-22-15-13(20-16(19)24-15)10-5-3-2-4-6-10/h2-6H,1H3,(H2,19,20). The molecule has 0 amide bonds. The summed E-state index contributed by atoms with van der Waals surface area (Å²) in [7, 11) is 0. The Hall–Kier alpha value is -3.07. The zero-order valence-corrected chi connectivity index (χ0v) is 14.1. The van der Waals surface area contributed by atoms with E-state index < -0.39 is 0 Å². The van der Waals surface area contributed by atoms with Crippen LogP contribution in [0, 0.1) is 29.6 Å². The minimum Gasteiger partial charge on any atom is -0.375 e. The van der Waals surface area contributed by atoms with E-state index >= 15 is 0 Å². The number of aromatic nitrogens is 1. The van der Waals surface area contributed by atoms with Crippen LogP contribution in [-0.4, -0.2) is 4.98 Å². The van der Waals surface area contributed by atoms with Gasteiger partial charge in [-0.3, -0.25) is 0 Å². The number of nitrogen functional groups attached to an aromatic ring is 1. The molecule has 6 nitrogen and oxygen atoms in total. The molecule has 116 valence electrons. The van der Waals surface area contributed by atoms with Gasteiger partial charge in [0.1, 0.15) is 22.7 Å². The molecule has 0 unspecified atom stereocenters. The third kappa shape index (κ3) is 2.88. The third-order valence-electron chi connectivity index (χ3n) is 3.25. The maximum absolute atomic E-state index is 9.26. The SMILES string of the molecule is Cc1c(C#N)sc(N=Nc2sc(N)nc2-c2ccccc2)c1C#N. The molecule has 1 aromatic carbocycles. The van der Waals surface area contributed by atoms with Crippen LogP contribution in [0.25, 0.3) is 11.3 Å². The number of hydrogen-bond donors (Lipinski definition) is 1. The molecule has 0 spiro atoms. The molecule has 2 heterocycles. The van der Waals surface area contributed by atoms with E-state index in [1.54, 1.807) is 6.92 Å². The quantitative estimate of drug-likeness (QED) is 0.675. The molecule has 0 aliphatic carbocycles. The van der Waals surface area contributed by atoms with Gasteiger partial charge in [0.2, 0.25) is 0 Å². The van der Waals surface area contributed by atoms with E-state index in [9.17, 15) is 5.26 Å². The van der Waals surface area contributed by atoms with Crippen molar-refractivity contribution in [2.24, 2.45) is 10.2 Å². The second-order valence-electron chi connectivity index (χ2n) is 4.73. The molecular formula is C16H10N6S2. The van der Waals surface area contributed by atoms with Crippen molar-refractivity contribution in [3.05, 3.63) is 46.3 Å². The Morgan fingerprint density at radius 3 is 2.42 bits per heavy atom. The fraction of sp³-hybridized carbons (Fsp3) is 0.0625. The first kappa shape index (κ1) is 15.8. The van der Waals surface area contributed by atoms with E-state index in [0.29, 0.717) is 36.8 Å². The molecule has 8 heteroatoms. The third-order valence-corrected chi connectivity index (χ3v) is 5.10. The van der Waals surface area contributed by atoms with Crippen LogP contribution in [-0.2, 0) is 0 Å². The summed E-state index contributed by atoms with van der Waals surface area (Å²) < 4.78 is 0. The lowest BCUT2D eigenvalue weighted by atomic mass is 10.2. The zero-order valence-electron chi connectivity index (χ0n) is 12.5. The van der Waals surface area contributed by atoms with Gasteiger partial charge < -0.3 is 5.73 Å². The highest BCUT2D eigenvalue weighted by Gasteiger charge is 2.16. The number of azo groups is 1. The lowest BCUT2D eigenvalue weighted by molar-refractivity contribution is 1.25. The number of nitriles is 2. The molecule has 0 radical (unpaired) electrons. The molecule has 0 aliphatic heterocycles. The predicted molar refractivity (Wildman–Crippen MR) is 94.6 cm³/mol. The minimum absolute atomic E-state index is 0.374. The minimum atomic E-state index is 0.374. The molecule has 3 aromatic rings. The molecule has 0 bridgehead atoms. The van der Waals surface area contributed by atoms with Crippen molar-refractivity contribution in [2.45, 2.75) is 6.92 Å². The monoisotopic (exact) mass is 350 g/mol. The number of hydrogen-bond acceptors (Lipinski definition) is 8. The maximum atomic E-state index is 9.26. The molecular weight excluding hydrogens is 340 g/mol. The zero-order chi connectivity index (χ0) is 17.1. The van der Waals surface area contributed by atoms with Gasteiger partial charge in [0, 0.05) is 5.56 Å². The molecule has 2 aromatic heterocycles. The van der Waals surface area contributed by atoms with Crippen LogP contribution in [0.1, 0.15) is 16.0 Å². The number of anilines is 1. The summed E-state index contributed by atoms with van der Waals surface area (Å²) in [6, 6.07) is 13.7. The molecule has 24 heavy (non-hydrogen) atoms. The van der Waals surface area contributed by atoms with Crippen LogP contribution in [0.3, 0.4) is 0 Å². The Morgan fingerprint density at radius 1 is 1.04 bits per heavy atom. The summed E-state index contributed by atoms with van der Waals surface area (Å²) >= 11 is 2.37. The summed E-state index contributed by atoms with van der Waals surface area (Å²) in [6.45, 7) is 1.73. The van der Waals surface area contributed by atoms with Crippen LogP contribution in [0.4, 0.5) is 15.1 Å². The van der Waals surface area contributed by atoms with Crippen molar-refractivity contribution in [3.8, 4) is 23.4 Å². The lowest BCUT2D eigenvalue weighted by Crippen LogP contribution is -1.82. The first-order chi connectivity index (χ1) is 11.6. The number of nitrogens with two attached hydrogens (primary N) is 1. The van der Waals surface area contributed by atoms with Gasteiger partial charge in [0.15, 0.2) is 15.1 Å². The highest BCUT2D eigenvalue weighted by Crippen LogP contribution is 2.40. The van der Waals surface area contributed by atoms with Gasteiger partial charge in [-0.2, -0.15) is 10.5 Å². The van der Waals surface area contributed by atoms with Crippen molar-refractivity contribution >= 4 is 37.8 Å². The van der Waals surface area contributed by atoms with E-state index in [4.69, 9.17) is 11.0 Å². The lowest BCUT2D eigenvalue weighted by Gasteiger charge is -1.96. The smallest absolute Gasteiger partial charge is 0.182 e. The molecule has 3 rings (SSSR count). The predicted octanol–water partition coefficient (Wildman–Crippen LogP) is 4.92. The van der Waals surface area contributed by atoms with Crippen LogP contribution in [0.2, 0.25) is 0 Å². The van der Waals surface area contributed by atoms with E-state index in [1.807, 2.05) is 30.3 Å². The van der Waals surface area contributed by atoms with Crippen LogP contribution < -0.4 is 5.73 Å². The van der Waals surface area contributed by atoms with Crippen molar-refractivity contribution in [1.82, 2.24) is 4.98 Å². The van der Waals surface area contributed by atoms with Crippen molar-refractivity contribution < 1.29 is 0 Å². The van der Waals surface area contributed by atoms with Gasteiger partial charge in [0.25, 0.3) is 0 Å². The summed E-state index contributed by atoms with van der Waals surface area (Å²) in [5, 5.41) is 28.1. The molecule has 0 saturated carbocycles. The van der Waals surface area contributed by atoms with Gasteiger partial charge in [-0.15, -0.1) is 21.6 Å². The topological polar surface area (TPSA) is 111 Å². The maximum Gasteiger partial charge on any atom is 0.182 e. The number of thiophene rings is 1. The first-order valence-corrected chi connectivity index (χ1v) is 8.44. The van der Waals surface area contributed by atoms with Crippen LogP contribution in [0.5, 0.6) is 0 Å². The molecule has 0 saturated heterocycles. The van der Waals surface area contributed by atoms with Crippen molar-refractivity contribution in [1.29, 1.82) is 10.5 Å².